The van der Waals surface area contributed by atoms with Crippen molar-refractivity contribution >= 4 is 17.5 Å². The fourth-order valence-electron chi connectivity index (χ4n) is 2.73. The van der Waals surface area contributed by atoms with Gasteiger partial charge in [0.15, 0.2) is 0 Å². The minimum Gasteiger partial charge on any atom is -0.406 e. The predicted molar refractivity (Wildman–Crippen MR) is 111 cm³/mol. The predicted octanol–water partition coefficient (Wildman–Crippen LogP) is 4.61. The van der Waals surface area contributed by atoms with E-state index in [1.807, 2.05) is 19.9 Å². The summed E-state index contributed by atoms with van der Waals surface area (Å²) >= 11 is 0. The third-order valence-electron chi connectivity index (χ3n) is 4.31. The van der Waals surface area contributed by atoms with Gasteiger partial charge in [-0.2, -0.15) is 4.98 Å². The average Bonchev–Trinajstić information content (AvgIpc) is 2.71. The maximum atomic E-state index is 12.5. The van der Waals surface area contributed by atoms with Gasteiger partial charge in [0.25, 0.3) is 0 Å². The molecule has 164 valence electrons. The Hall–Kier alpha value is -3.40. The molecule has 7 nitrogen and oxygen atoms in total. The molecular weight excluding hydrogens is 411 g/mol. The van der Waals surface area contributed by atoms with E-state index < -0.39 is 6.36 Å². The number of rotatable bonds is 8. The topological polar surface area (TPSA) is 92.2 Å². The van der Waals surface area contributed by atoms with Gasteiger partial charge in [-0.25, -0.2) is 4.98 Å². The Labute approximate surface area is 177 Å². The standard InChI is InChI=1S/C21H22F3N5O2/c1-13(2)18(12-30)28-20-27-17(16-8-3-4-9-25-16)11-19(29-20)26-14-6-5-7-15(10-14)31-21(22,23)24/h3-11,13,18,30H,12H2,1-2H3,(H2,26,27,28,29)/t18-/m0/s1. The highest BCUT2D eigenvalue weighted by Gasteiger charge is 2.31. The number of aliphatic hydroxyl groups excluding tert-OH is 1. The van der Waals surface area contributed by atoms with Gasteiger partial charge >= 0.3 is 6.36 Å². The zero-order valence-corrected chi connectivity index (χ0v) is 16.9. The molecule has 0 aliphatic carbocycles. The normalized spacial score (nSPS) is 12.5. The molecule has 0 unspecified atom stereocenters. The van der Waals surface area contributed by atoms with Gasteiger partial charge < -0.3 is 20.5 Å². The molecule has 10 heteroatoms. The van der Waals surface area contributed by atoms with Crippen LogP contribution in [0.2, 0.25) is 0 Å². The van der Waals surface area contributed by atoms with Crippen molar-refractivity contribution in [2.24, 2.45) is 5.92 Å². The SMILES string of the molecule is CC(C)[C@H](CO)Nc1nc(Nc2cccc(OC(F)(F)F)c2)cc(-c2ccccn2)n1. The number of ether oxygens (including phenoxy) is 1. The largest absolute Gasteiger partial charge is 0.573 e. The van der Waals surface area contributed by atoms with Crippen LogP contribution in [0.4, 0.5) is 30.6 Å². The highest BCUT2D eigenvalue weighted by Crippen LogP contribution is 2.28. The van der Waals surface area contributed by atoms with E-state index >= 15 is 0 Å². The molecule has 3 aromatic rings. The highest BCUT2D eigenvalue weighted by molar-refractivity contribution is 5.66. The van der Waals surface area contributed by atoms with Crippen LogP contribution in [0.25, 0.3) is 11.4 Å². The summed E-state index contributed by atoms with van der Waals surface area (Å²) in [5.74, 6) is 0.346. The first-order valence-electron chi connectivity index (χ1n) is 9.54. The molecular formula is C21H22F3N5O2. The molecule has 0 radical (unpaired) electrons. The second-order valence-corrected chi connectivity index (χ2v) is 7.06. The van der Waals surface area contributed by atoms with Crippen molar-refractivity contribution in [3.05, 3.63) is 54.7 Å². The number of aromatic nitrogens is 3. The number of aliphatic hydroxyl groups is 1. The molecule has 31 heavy (non-hydrogen) atoms. The van der Waals surface area contributed by atoms with Crippen LogP contribution in [-0.2, 0) is 0 Å². The summed E-state index contributed by atoms with van der Waals surface area (Å²) in [4.78, 5) is 13.2. The third-order valence-corrected chi connectivity index (χ3v) is 4.31. The number of anilines is 3. The molecule has 1 aromatic carbocycles. The van der Waals surface area contributed by atoms with Crippen molar-refractivity contribution < 1.29 is 23.0 Å². The van der Waals surface area contributed by atoms with E-state index in [2.05, 4.69) is 30.3 Å². The lowest BCUT2D eigenvalue weighted by Crippen LogP contribution is -2.30. The van der Waals surface area contributed by atoms with Gasteiger partial charge in [-0.15, -0.1) is 13.2 Å². The van der Waals surface area contributed by atoms with Crippen LogP contribution in [-0.4, -0.2) is 39.1 Å². The molecule has 2 aromatic heterocycles. The third kappa shape index (κ3) is 6.54. The van der Waals surface area contributed by atoms with E-state index in [0.717, 1.165) is 0 Å². The van der Waals surface area contributed by atoms with Crippen LogP contribution < -0.4 is 15.4 Å². The summed E-state index contributed by atoms with van der Waals surface area (Å²) in [6, 6.07) is 12.2. The second kappa shape index (κ2) is 9.61. The highest BCUT2D eigenvalue weighted by atomic mass is 19.4. The number of alkyl halides is 3. The van der Waals surface area contributed by atoms with Gasteiger partial charge in [0.05, 0.1) is 24.0 Å². The Kier molecular flexibility index (Phi) is 6.91. The fourth-order valence-corrected chi connectivity index (χ4v) is 2.73. The number of nitrogens with one attached hydrogen (secondary N) is 2. The summed E-state index contributed by atoms with van der Waals surface area (Å²) in [5, 5.41) is 15.7. The summed E-state index contributed by atoms with van der Waals surface area (Å²) in [6.07, 6.45) is -3.16. The first kappa shape index (κ1) is 22.3. The Morgan fingerprint density at radius 3 is 2.48 bits per heavy atom. The lowest BCUT2D eigenvalue weighted by molar-refractivity contribution is -0.274. The maximum Gasteiger partial charge on any atom is 0.573 e. The number of pyridine rings is 1. The first-order chi connectivity index (χ1) is 14.7. The molecule has 0 fully saturated rings. The Balaban J connectivity index is 1.93. The zero-order chi connectivity index (χ0) is 22.4. The van der Waals surface area contributed by atoms with Crippen molar-refractivity contribution in [3.8, 4) is 17.1 Å². The average molecular weight is 433 g/mol. The molecule has 0 aliphatic heterocycles. The van der Waals surface area contributed by atoms with E-state index in [1.54, 1.807) is 30.5 Å². The fraction of sp³-hybridized carbons (Fsp3) is 0.286. The van der Waals surface area contributed by atoms with E-state index in [4.69, 9.17) is 0 Å². The van der Waals surface area contributed by atoms with Gasteiger partial charge in [-0.3, -0.25) is 4.98 Å². The van der Waals surface area contributed by atoms with Crippen molar-refractivity contribution in [3.63, 3.8) is 0 Å². The number of halogens is 3. The molecule has 2 heterocycles. The number of hydrogen-bond donors (Lipinski definition) is 3. The van der Waals surface area contributed by atoms with Crippen LogP contribution in [0.15, 0.2) is 54.7 Å². The number of nitrogens with zero attached hydrogens (tertiary/aromatic N) is 3. The van der Waals surface area contributed by atoms with Crippen LogP contribution >= 0.6 is 0 Å². The van der Waals surface area contributed by atoms with Gasteiger partial charge in [-0.05, 0) is 30.2 Å². The summed E-state index contributed by atoms with van der Waals surface area (Å²) in [6.45, 7) is 3.78. The van der Waals surface area contributed by atoms with Crippen molar-refractivity contribution in [2.45, 2.75) is 26.3 Å². The van der Waals surface area contributed by atoms with E-state index in [0.29, 0.717) is 22.9 Å². The minimum atomic E-state index is -4.78. The molecule has 0 aliphatic rings. The lowest BCUT2D eigenvalue weighted by atomic mass is 10.1. The monoisotopic (exact) mass is 433 g/mol. The molecule has 0 amide bonds. The van der Waals surface area contributed by atoms with E-state index in [9.17, 15) is 18.3 Å². The lowest BCUT2D eigenvalue weighted by Gasteiger charge is -2.20. The summed E-state index contributed by atoms with van der Waals surface area (Å²) in [5.41, 5.74) is 1.44. The Morgan fingerprint density at radius 1 is 1.03 bits per heavy atom. The van der Waals surface area contributed by atoms with Crippen LogP contribution in [0.5, 0.6) is 5.75 Å². The Bertz CT molecular complexity index is 1000. The second-order valence-electron chi connectivity index (χ2n) is 7.06. The quantitative estimate of drug-likeness (QED) is 0.478. The molecule has 1 atom stereocenters. The van der Waals surface area contributed by atoms with Crippen LogP contribution in [0.3, 0.4) is 0 Å². The van der Waals surface area contributed by atoms with Gasteiger partial charge in [0.2, 0.25) is 5.95 Å². The Morgan fingerprint density at radius 2 is 1.84 bits per heavy atom. The van der Waals surface area contributed by atoms with Gasteiger partial charge in [0.1, 0.15) is 11.6 Å². The van der Waals surface area contributed by atoms with Crippen LogP contribution in [0.1, 0.15) is 13.8 Å². The summed E-state index contributed by atoms with van der Waals surface area (Å²) < 4.78 is 41.5. The molecule has 0 spiro atoms. The maximum absolute atomic E-state index is 12.5. The first-order valence-corrected chi connectivity index (χ1v) is 9.54. The van der Waals surface area contributed by atoms with Crippen LogP contribution in [0, 0.1) is 5.92 Å². The van der Waals surface area contributed by atoms with E-state index in [-0.39, 0.29) is 30.3 Å². The molecule has 0 bridgehead atoms. The summed E-state index contributed by atoms with van der Waals surface area (Å²) in [7, 11) is 0. The van der Waals surface area contributed by atoms with Crippen molar-refractivity contribution in [1.82, 2.24) is 15.0 Å². The van der Waals surface area contributed by atoms with Gasteiger partial charge in [0, 0.05) is 24.0 Å². The van der Waals surface area contributed by atoms with Crippen molar-refractivity contribution in [1.29, 1.82) is 0 Å². The molecule has 3 rings (SSSR count). The molecule has 0 saturated heterocycles. The smallest absolute Gasteiger partial charge is 0.406 e. The minimum absolute atomic E-state index is 0.111. The van der Waals surface area contributed by atoms with E-state index in [1.165, 1.54) is 18.2 Å². The number of hydrogen-bond acceptors (Lipinski definition) is 7. The molecule has 3 N–H and O–H groups in total. The molecule has 0 saturated carbocycles. The van der Waals surface area contributed by atoms with Crippen molar-refractivity contribution in [2.75, 3.05) is 17.2 Å². The number of benzene rings is 1. The van der Waals surface area contributed by atoms with Gasteiger partial charge in [-0.1, -0.05) is 26.0 Å². The zero-order valence-electron chi connectivity index (χ0n) is 16.9.